The molecule has 1 N–H and O–H groups in total. The molecule has 84 valence electrons. The minimum Gasteiger partial charge on any atom is -0.396 e. The highest BCUT2D eigenvalue weighted by atomic mass is 16.5. The highest BCUT2D eigenvalue weighted by Crippen LogP contribution is 2.24. The van der Waals surface area contributed by atoms with Crippen molar-refractivity contribution in [1.82, 2.24) is 0 Å². The van der Waals surface area contributed by atoms with Gasteiger partial charge in [0.1, 0.15) is 0 Å². The Balaban J connectivity index is 2.13. The first-order valence-corrected chi connectivity index (χ1v) is 6.11. The van der Waals surface area contributed by atoms with Gasteiger partial charge in [-0.3, -0.25) is 0 Å². The summed E-state index contributed by atoms with van der Waals surface area (Å²) in [5, 5.41) is 9.18. The van der Waals surface area contributed by atoms with E-state index in [9.17, 15) is 5.11 Å². The Morgan fingerprint density at radius 1 is 1.29 bits per heavy atom. The lowest BCUT2D eigenvalue weighted by Gasteiger charge is -2.30. The number of aliphatic hydroxyl groups is 1. The van der Waals surface area contributed by atoms with E-state index in [1.54, 1.807) is 0 Å². The van der Waals surface area contributed by atoms with E-state index in [4.69, 9.17) is 4.74 Å². The van der Waals surface area contributed by atoms with Crippen LogP contribution in [0.2, 0.25) is 0 Å². The third-order valence-corrected chi connectivity index (χ3v) is 3.15. The predicted octanol–water partition coefficient (Wildman–Crippen LogP) is 2.74. The van der Waals surface area contributed by atoms with Crippen molar-refractivity contribution in [1.29, 1.82) is 0 Å². The summed E-state index contributed by atoms with van der Waals surface area (Å²) in [5.41, 5.74) is 0. The molecule has 1 saturated heterocycles. The summed E-state index contributed by atoms with van der Waals surface area (Å²) in [6, 6.07) is 0. The molecule has 1 rings (SSSR count). The van der Waals surface area contributed by atoms with Crippen LogP contribution in [-0.4, -0.2) is 24.4 Å². The average Bonchev–Trinajstić information content (AvgIpc) is 2.25. The van der Waals surface area contributed by atoms with Crippen molar-refractivity contribution in [2.45, 2.75) is 58.0 Å². The fourth-order valence-corrected chi connectivity index (χ4v) is 2.20. The second-order valence-corrected chi connectivity index (χ2v) is 4.34. The normalized spacial score (nSPS) is 27.9. The second-order valence-electron chi connectivity index (χ2n) is 4.34. The zero-order valence-corrected chi connectivity index (χ0v) is 9.37. The van der Waals surface area contributed by atoms with E-state index in [-0.39, 0.29) is 0 Å². The Labute approximate surface area is 87.7 Å². The lowest BCUT2D eigenvalue weighted by molar-refractivity contribution is -0.0484. The molecule has 0 aromatic rings. The summed E-state index contributed by atoms with van der Waals surface area (Å²) in [6.07, 6.45) is 8.94. The molecule has 0 amide bonds. The molecule has 0 bridgehead atoms. The number of rotatable bonds is 6. The smallest absolute Gasteiger partial charge is 0.0625 e. The van der Waals surface area contributed by atoms with E-state index in [0.29, 0.717) is 18.6 Å². The summed E-state index contributed by atoms with van der Waals surface area (Å²) < 4.78 is 5.70. The summed E-state index contributed by atoms with van der Waals surface area (Å²) >= 11 is 0. The first-order valence-electron chi connectivity index (χ1n) is 6.11. The maximum atomic E-state index is 9.18. The minimum atomic E-state index is 0.304. The first kappa shape index (κ1) is 12.0. The van der Waals surface area contributed by atoms with E-state index < -0.39 is 0 Å². The van der Waals surface area contributed by atoms with Gasteiger partial charge in [0.05, 0.1) is 6.10 Å². The summed E-state index contributed by atoms with van der Waals surface area (Å²) in [5.74, 6) is 0.408. The summed E-state index contributed by atoms with van der Waals surface area (Å²) in [4.78, 5) is 0. The second kappa shape index (κ2) is 7.24. The van der Waals surface area contributed by atoms with Crippen molar-refractivity contribution < 1.29 is 9.84 Å². The van der Waals surface area contributed by atoms with Gasteiger partial charge < -0.3 is 9.84 Å². The maximum absolute atomic E-state index is 9.18. The summed E-state index contributed by atoms with van der Waals surface area (Å²) in [7, 11) is 0. The lowest BCUT2D eigenvalue weighted by atomic mass is 9.91. The van der Waals surface area contributed by atoms with Gasteiger partial charge in [-0.25, -0.2) is 0 Å². The predicted molar refractivity (Wildman–Crippen MR) is 58.3 cm³/mol. The van der Waals surface area contributed by atoms with E-state index in [1.807, 2.05) is 0 Å². The molecule has 1 aliphatic rings. The molecule has 2 unspecified atom stereocenters. The minimum absolute atomic E-state index is 0.304. The Bertz CT molecular complexity index is 136. The molecule has 0 aromatic heterocycles. The number of aliphatic hydroxyl groups excluding tert-OH is 1. The highest BCUT2D eigenvalue weighted by Gasteiger charge is 2.24. The zero-order valence-electron chi connectivity index (χ0n) is 9.37. The van der Waals surface area contributed by atoms with Gasteiger partial charge in [0.15, 0.2) is 0 Å². The van der Waals surface area contributed by atoms with Crippen LogP contribution in [0.3, 0.4) is 0 Å². The topological polar surface area (TPSA) is 29.5 Å². The molecule has 0 spiro atoms. The first-order chi connectivity index (χ1) is 6.88. The molecule has 0 aromatic carbocycles. The van der Waals surface area contributed by atoms with Crippen LogP contribution >= 0.6 is 0 Å². The fourth-order valence-electron chi connectivity index (χ4n) is 2.20. The number of hydrogen-bond acceptors (Lipinski definition) is 2. The molecule has 0 saturated carbocycles. The van der Waals surface area contributed by atoms with Crippen molar-refractivity contribution in [2.24, 2.45) is 5.92 Å². The van der Waals surface area contributed by atoms with E-state index in [2.05, 4.69) is 6.92 Å². The zero-order chi connectivity index (χ0) is 10.2. The van der Waals surface area contributed by atoms with Gasteiger partial charge >= 0.3 is 0 Å². The van der Waals surface area contributed by atoms with Crippen LogP contribution in [0.5, 0.6) is 0 Å². The third-order valence-electron chi connectivity index (χ3n) is 3.15. The highest BCUT2D eigenvalue weighted by molar-refractivity contribution is 4.73. The van der Waals surface area contributed by atoms with E-state index >= 15 is 0 Å². The molecule has 2 atom stereocenters. The van der Waals surface area contributed by atoms with Gasteiger partial charge in [-0.05, 0) is 19.3 Å². The fraction of sp³-hybridized carbons (Fsp3) is 1.00. The van der Waals surface area contributed by atoms with Crippen molar-refractivity contribution in [2.75, 3.05) is 13.2 Å². The standard InChI is InChI=1S/C12H24O2/c1-2-3-4-5-8-12-11(10-13)7-6-9-14-12/h11-13H,2-10H2,1H3. The van der Waals surface area contributed by atoms with Crippen molar-refractivity contribution >= 4 is 0 Å². The van der Waals surface area contributed by atoms with Crippen LogP contribution in [0.4, 0.5) is 0 Å². The quantitative estimate of drug-likeness (QED) is 0.668. The van der Waals surface area contributed by atoms with Crippen LogP contribution in [-0.2, 0) is 4.74 Å². The Morgan fingerprint density at radius 2 is 2.14 bits per heavy atom. The molecule has 2 nitrogen and oxygen atoms in total. The van der Waals surface area contributed by atoms with Crippen LogP contribution in [0, 0.1) is 5.92 Å². The number of unbranched alkanes of at least 4 members (excludes halogenated alkanes) is 3. The van der Waals surface area contributed by atoms with Gasteiger partial charge in [0, 0.05) is 19.1 Å². The van der Waals surface area contributed by atoms with Crippen LogP contribution in [0.1, 0.15) is 51.9 Å². The number of ether oxygens (including phenoxy) is 1. The van der Waals surface area contributed by atoms with Crippen molar-refractivity contribution in [3.05, 3.63) is 0 Å². The molecule has 0 radical (unpaired) electrons. The molecule has 2 heteroatoms. The van der Waals surface area contributed by atoms with Crippen LogP contribution < -0.4 is 0 Å². The van der Waals surface area contributed by atoms with E-state index in [0.717, 1.165) is 25.9 Å². The SMILES string of the molecule is CCCCCCC1OCCCC1CO. The molecule has 0 aliphatic carbocycles. The van der Waals surface area contributed by atoms with Crippen molar-refractivity contribution in [3.63, 3.8) is 0 Å². The molecule has 1 fully saturated rings. The Hall–Kier alpha value is -0.0800. The van der Waals surface area contributed by atoms with Gasteiger partial charge in [0.2, 0.25) is 0 Å². The molecule has 1 aliphatic heterocycles. The van der Waals surface area contributed by atoms with Gasteiger partial charge in [-0.1, -0.05) is 32.6 Å². The van der Waals surface area contributed by atoms with Crippen LogP contribution in [0.25, 0.3) is 0 Å². The Morgan fingerprint density at radius 3 is 2.86 bits per heavy atom. The number of hydrogen-bond donors (Lipinski definition) is 1. The van der Waals surface area contributed by atoms with Gasteiger partial charge in [0.25, 0.3) is 0 Å². The molecule has 1 heterocycles. The average molecular weight is 200 g/mol. The molecule has 14 heavy (non-hydrogen) atoms. The molecular weight excluding hydrogens is 176 g/mol. The summed E-state index contributed by atoms with van der Waals surface area (Å²) in [6.45, 7) is 3.43. The van der Waals surface area contributed by atoms with E-state index in [1.165, 1.54) is 25.7 Å². The Kier molecular flexibility index (Phi) is 6.20. The van der Waals surface area contributed by atoms with Crippen LogP contribution in [0.15, 0.2) is 0 Å². The maximum Gasteiger partial charge on any atom is 0.0625 e. The third kappa shape index (κ3) is 3.97. The van der Waals surface area contributed by atoms with Gasteiger partial charge in [-0.2, -0.15) is 0 Å². The molecular formula is C12H24O2. The lowest BCUT2D eigenvalue weighted by Crippen LogP contribution is -2.31. The van der Waals surface area contributed by atoms with Crippen molar-refractivity contribution in [3.8, 4) is 0 Å². The largest absolute Gasteiger partial charge is 0.396 e. The van der Waals surface area contributed by atoms with Gasteiger partial charge in [-0.15, -0.1) is 0 Å². The monoisotopic (exact) mass is 200 g/mol.